The summed E-state index contributed by atoms with van der Waals surface area (Å²) >= 11 is 9.11. The van der Waals surface area contributed by atoms with Crippen LogP contribution in [0.3, 0.4) is 0 Å². The molecular formula is C14H13ClOS2. The number of hydrogen-bond donors (Lipinski definition) is 0. The van der Waals surface area contributed by atoms with Crippen molar-refractivity contribution >= 4 is 40.5 Å². The summed E-state index contributed by atoms with van der Waals surface area (Å²) in [6, 6.07) is 9.67. The van der Waals surface area contributed by atoms with Gasteiger partial charge in [-0.05, 0) is 47.0 Å². The van der Waals surface area contributed by atoms with E-state index in [0.29, 0.717) is 17.2 Å². The van der Waals surface area contributed by atoms with Crippen molar-refractivity contribution in [3.8, 4) is 0 Å². The van der Waals surface area contributed by atoms with Gasteiger partial charge in [0.05, 0.1) is 5.75 Å². The van der Waals surface area contributed by atoms with Crippen molar-refractivity contribution in [2.24, 2.45) is 0 Å². The van der Waals surface area contributed by atoms with Crippen LogP contribution >= 0.6 is 34.7 Å². The Morgan fingerprint density at radius 3 is 2.94 bits per heavy atom. The molecule has 18 heavy (non-hydrogen) atoms. The molecule has 0 aliphatic rings. The van der Waals surface area contributed by atoms with E-state index < -0.39 is 0 Å². The van der Waals surface area contributed by atoms with Crippen molar-refractivity contribution in [2.45, 2.75) is 17.7 Å². The minimum atomic E-state index is 0.283. The van der Waals surface area contributed by atoms with E-state index in [1.807, 2.05) is 29.6 Å². The molecule has 0 aliphatic carbocycles. The Hall–Kier alpha value is -0.770. The molecule has 0 fully saturated rings. The van der Waals surface area contributed by atoms with E-state index in [1.54, 1.807) is 23.1 Å². The molecule has 0 radical (unpaired) electrons. The third kappa shape index (κ3) is 4.48. The number of carbonyl (C=O) groups is 1. The number of halogens is 1. The number of aryl methyl sites for hydroxylation is 1. The summed E-state index contributed by atoms with van der Waals surface area (Å²) in [7, 11) is 0. The fraction of sp³-hybridized carbons (Fsp3) is 0.214. The summed E-state index contributed by atoms with van der Waals surface area (Å²) in [5, 5.41) is 4.85. The highest BCUT2D eigenvalue weighted by atomic mass is 35.5. The van der Waals surface area contributed by atoms with E-state index in [9.17, 15) is 4.79 Å². The van der Waals surface area contributed by atoms with Gasteiger partial charge in [-0.3, -0.25) is 4.79 Å². The summed E-state index contributed by atoms with van der Waals surface area (Å²) in [6.45, 7) is 0. The second-order valence-corrected chi connectivity index (χ2v) is 6.18. The highest BCUT2D eigenvalue weighted by molar-refractivity contribution is 8.00. The van der Waals surface area contributed by atoms with Gasteiger partial charge < -0.3 is 0 Å². The van der Waals surface area contributed by atoms with Crippen LogP contribution in [0.5, 0.6) is 0 Å². The van der Waals surface area contributed by atoms with Gasteiger partial charge in [-0.2, -0.15) is 11.3 Å². The third-order valence-corrected chi connectivity index (χ3v) is 4.49. The topological polar surface area (TPSA) is 17.1 Å². The standard InChI is InChI=1S/C14H13ClOS2/c15-12-2-1-3-14(8-12)18-10-13(16)5-4-11-6-7-17-9-11/h1-3,6-9H,4-5,10H2. The Labute approximate surface area is 120 Å². The Morgan fingerprint density at radius 1 is 1.33 bits per heavy atom. The van der Waals surface area contributed by atoms with Crippen LogP contribution < -0.4 is 0 Å². The van der Waals surface area contributed by atoms with Gasteiger partial charge in [0.1, 0.15) is 5.78 Å². The van der Waals surface area contributed by atoms with Crippen molar-refractivity contribution in [1.82, 2.24) is 0 Å². The quantitative estimate of drug-likeness (QED) is 0.719. The van der Waals surface area contributed by atoms with Gasteiger partial charge in [-0.15, -0.1) is 11.8 Å². The molecule has 4 heteroatoms. The van der Waals surface area contributed by atoms with Crippen LogP contribution in [0.25, 0.3) is 0 Å². The van der Waals surface area contributed by atoms with Crippen LogP contribution in [0, 0.1) is 0 Å². The summed E-state index contributed by atoms with van der Waals surface area (Å²) in [4.78, 5) is 12.8. The maximum atomic E-state index is 11.7. The van der Waals surface area contributed by atoms with Crippen LogP contribution in [0.15, 0.2) is 46.0 Å². The lowest BCUT2D eigenvalue weighted by molar-refractivity contribution is -0.116. The smallest absolute Gasteiger partial charge is 0.143 e. The lowest BCUT2D eigenvalue weighted by Crippen LogP contribution is -2.02. The normalized spacial score (nSPS) is 10.5. The maximum absolute atomic E-state index is 11.7. The van der Waals surface area contributed by atoms with Crippen LogP contribution in [-0.4, -0.2) is 11.5 Å². The minimum absolute atomic E-state index is 0.283. The fourth-order valence-corrected chi connectivity index (χ4v) is 3.33. The zero-order valence-corrected chi connectivity index (χ0v) is 12.2. The Bertz CT molecular complexity index is 508. The first-order valence-electron chi connectivity index (χ1n) is 5.65. The number of ketones is 1. The predicted octanol–water partition coefficient (Wildman–Crippen LogP) is 4.70. The molecule has 0 aliphatic heterocycles. The monoisotopic (exact) mass is 296 g/mol. The molecule has 94 valence electrons. The Kier molecular flexibility index (Phi) is 5.29. The van der Waals surface area contributed by atoms with Gasteiger partial charge in [-0.25, -0.2) is 0 Å². The number of rotatable bonds is 6. The first-order valence-corrected chi connectivity index (χ1v) is 7.96. The first kappa shape index (κ1) is 13.7. The number of thioether (sulfide) groups is 1. The van der Waals surface area contributed by atoms with Crippen molar-refractivity contribution < 1.29 is 4.79 Å². The predicted molar refractivity (Wildman–Crippen MR) is 79.8 cm³/mol. The van der Waals surface area contributed by atoms with Gasteiger partial charge in [0.25, 0.3) is 0 Å². The molecule has 2 rings (SSSR count). The number of thiophene rings is 1. The Balaban J connectivity index is 1.75. The molecule has 0 unspecified atom stereocenters. The van der Waals surface area contributed by atoms with Crippen molar-refractivity contribution in [2.75, 3.05) is 5.75 Å². The molecule has 0 spiro atoms. The average Bonchev–Trinajstić information content (AvgIpc) is 2.87. The molecule has 0 N–H and O–H groups in total. The second kappa shape index (κ2) is 6.98. The molecule has 0 amide bonds. The summed E-state index contributed by atoms with van der Waals surface area (Å²) < 4.78 is 0. The van der Waals surface area contributed by atoms with Crippen LogP contribution in [0.1, 0.15) is 12.0 Å². The summed E-state index contributed by atoms with van der Waals surface area (Å²) in [6.07, 6.45) is 1.46. The van der Waals surface area contributed by atoms with Gasteiger partial charge >= 0.3 is 0 Å². The van der Waals surface area contributed by atoms with E-state index in [4.69, 9.17) is 11.6 Å². The first-order chi connectivity index (χ1) is 8.74. The number of benzene rings is 1. The number of carbonyl (C=O) groups excluding carboxylic acids is 1. The van der Waals surface area contributed by atoms with Gasteiger partial charge in [-0.1, -0.05) is 17.7 Å². The fourth-order valence-electron chi connectivity index (χ4n) is 1.51. The van der Waals surface area contributed by atoms with Gasteiger partial charge in [0, 0.05) is 16.3 Å². The molecule has 2 aromatic rings. The van der Waals surface area contributed by atoms with Gasteiger partial charge in [0.15, 0.2) is 0 Å². The highest BCUT2D eigenvalue weighted by Crippen LogP contribution is 2.22. The highest BCUT2D eigenvalue weighted by Gasteiger charge is 2.04. The zero-order valence-electron chi connectivity index (χ0n) is 9.77. The summed E-state index contributed by atoms with van der Waals surface area (Å²) in [5.41, 5.74) is 1.25. The lowest BCUT2D eigenvalue weighted by atomic mass is 10.1. The second-order valence-electron chi connectivity index (χ2n) is 3.92. The minimum Gasteiger partial charge on any atom is -0.299 e. The number of hydrogen-bond acceptors (Lipinski definition) is 3. The molecule has 1 heterocycles. The van der Waals surface area contributed by atoms with Crippen molar-refractivity contribution in [3.63, 3.8) is 0 Å². The van der Waals surface area contributed by atoms with Crippen molar-refractivity contribution in [3.05, 3.63) is 51.7 Å². The third-order valence-electron chi connectivity index (χ3n) is 2.47. The van der Waals surface area contributed by atoms with E-state index in [2.05, 4.69) is 11.4 Å². The Morgan fingerprint density at radius 2 is 2.22 bits per heavy atom. The van der Waals surface area contributed by atoms with E-state index in [0.717, 1.165) is 11.3 Å². The average molecular weight is 297 g/mol. The summed E-state index contributed by atoms with van der Waals surface area (Å²) in [5.74, 6) is 0.802. The van der Waals surface area contributed by atoms with Crippen LogP contribution in [0.2, 0.25) is 5.02 Å². The van der Waals surface area contributed by atoms with Crippen LogP contribution in [0.4, 0.5) is 0 Å². The lowest BCUT2D eigenvalue weighted by Gasteiger charge is -2.01. The molecule has 0 atom stereocenters. The molecule has 1 aromatic carbocycles. The van der Waals surface area contributed by atoms with Gasteiger partial charge in [0.2, 0.25) is 0 Å². The molecule has 1 aromatic heterocycles. The maximum Gasteiger partial charge on any atom is 0.143 e. The molecule has 0 saturated heterocycles. The van der Waals surface area contributed by atoms with E-state index in [-0.39, 0.29) is 5.78 Å². The molecule has 1 nitrogen and oxygen atoms in total. The van der Waals surface area contributed by atoms with Crippen LogP contribution in [-0.2, 0) is 11.2 Å². The van der Waals surface area contributed by atoms with E-state index in [1.165, 1.54) is 5.56 Å². The number of Topliss-reactive ketones (excluding diaryl/α,β-unsaturated/α-hetero) is 1. The zero-order chi connectivity index (χ0) is 12.8. The molecular weight excluding hydrogens is 284 g/mol. The molecule has 0 saturated carbocycles. The molecule has 0 bridgehead atoms. The van der Waals surface area contributed by atoms with E-state index >= 15 is 0 Å². The SMILES string of the molecule is O=C(CCc1ccsc1)CSc1cccc(Cl)c1. The largest absolute Gasteiger partial charge is 0.299 e. The van der Waals surface area contributed by atoms with Crippen molar-refractivity contribution in [1.29, 1.82) is 0 Å².